The molecular formula is C12H19NOS. The maximum Gasteiger partial charge on any atom is 0.0472 e. The zero-order chi connectivity index (χ0) is 11.1. The van der Waals surface area contributed by atoms with Gasteiger partial charge in [-0.3, -0.25) is 0 Å². The zero-order valence-electron chi connectivity index (χ0n) is 9.40. The third kappa shape index (κ3) is 4.69. The standard InChI is InChI=1S/C12H19NOS/c1-10(7-8-14-2)15-12-5-3-11(9-13)4-6-12/h3-6,10H,7-9,13H2,1-2H3. The van der Waals surface area contributed by atoms with Gasteiger partial charge in [-0.2, -0.15) is 0 Å². The molecule has 0 aliphatic rings. The van der Waals surface area contributed by atoms with Crippen molar-refractivity contribution in [2.75, 3.05) is 13.7 Å². The summed E-state index contributed by atoms with van der Waals surface area (Å²) >= 11 is 1.88. The lowest BCUT2D eigenvalue weighted by atomic mass is 10.2. The number of hydrogen-bond donors (Lipinski definition) is 1. The Morgan fingerprint density at radius 2 is 2.00 bits per heavy atom. The first kappa shape index (κ1) is 12.6. The van der Waals surface area contributed by atoms with E-state index in [2.05, 4.69) is 31.2 Å². The van der Waals surface area contributed by atoms with Gasteiger partial charge in [-0.05, 0) is 24.1 Å². The summed E-state index contributed by atoms with van der Waals surface area (Å²) < 4.78 is 5.06. The van der Waals surface area contributed by atoms with Crippen LogP contribution in [0.5, 0.6) is 0 Å². The second kappa shape index (κ2) is 6.88. The number of benzene rings is 1. The zero-order valence-corrected chi connectivity index (χ0v) is 10.2. The molecule has 2 N–H and O–H groups in total. The molecule has 0 radical (unpaired) electrons. The average molecular weight is 225 g/mol. The number of nitrogens with two attached hydrogens (primary N) is 1. The Morgan fingerprint density at radius 1 is 1.33 bits per heavy atom. The van der Waals surface area contributed by atoms with Crippen molar-refractivity contribution in [3.8, 4) is 0 Å². The van der Waals surface area contributed by atoms with Gasteiger partial charge in [0.05, 0.1) is 0 Å². The molecule has 1 aromatic rings. The summed E-state index contributed by atoms with van der Waals surface area (Å²) in [7, 11) is 1.74. The summed E-state index contributed by atoms with van der Waals surface area (Å²) in [5.41, 5.74) is 6.73. The Bertz CT molecular complexity index is 273. The van der Waals surface area contributed by atoms with Crippen molar-refractivity contribution in [1.29, 1.82) is 0 Å². The van der Waals surface area contributed by atoms with Crippen LogP contribution in [-0.4, -0.2) is 19.0 Å². The summed E-state index contributed by atoms with van der Waals surface area (Å²) in [6, 6.07) is 8.45. The van der Waals surface area contributed by atoms with Crippen molar-refractivity contribution in [3.05, 3.63) is 29.8 Å². The molecule has 0 spiro atoms. The van der Waals surface area contributed by atoms with E-state index in [9.17, 15) is 0 Å². The van der Waals surface area contributed by atoms with Crippen LogP contribution in [0.15, 0.2) is 29.2 Å². The van der Waals surface area contributed by atoms with E-state index in [0.717, 1.165) is 13.0 Å². The molecule has 84 valence electrons. The van der Waals surface area contributed by atoms with E-state index in [1.165, 1.54) is 10.5 Å². The van der Waals surface area contributed by atoms with Gasteiger partial charge < -0.3 is 10.5 Å². The maximum absolute atomic E-state index is 5.54. The second-order valence-corrected chi connectivity index (χ2v) is 5.07. The first-order valence-corrected chi connectivity index (χ1v) is 6.09. The predicted molar refractivity (Wildman–Crippen MR) is 66.1 cm³/mol. The average Bonchev–Trinajstić information content (AvgIpc) is 2.27. The van der Waals surface area contributed by atoms with Crippen LogP contribution in [0.3, 0.4) is 0 Å². The largest absolute Gasteiger partial charge is 0.385 e. The van der Waals surface area contributed by atoms with Gasteiger partial charge in [-0.15, -0.1) is 11.8 Å². The van der Waals surface area contributed by atoms with Gasteiger partial charge in [-0.1, -0.05) is 19.1 Å². The first-order valence-electron chi connectivity index (χ1n) is 5.21. The van der Waals surface area contributed by atoms with E-state index in [1.54, 1.807) is 7.11 Å². The Labute approximate surface area is 96.2 Å². The number of hydrogen-bond acceptors (Lipinski definition) is 3. The Kier molecular flexibility index (Phi) is 5.76. The molecule has 0 fully saturated rings. The first-order chi connectivity index (χ1) is 7.26. The monoisotopic (exact) mass is 225 g/mol. The molecule has 2 nitrogen and oxygen atoms in total. The molecule has 15 heavy (non-hydrogen) atoms. The van der Waals surface area contributed by atoms with Crippen molar-refractivity contribution in [3.63, 3.8) is 0 Å². The minimum Gasteiger partial charge on any atom is -0.385 e. The molecule has 3 heteroatoms. The molecule has 0 amide bonds. The molecule has 0 heterocycles. The summed E-state index contributed by atoms with van der Waals surface area (Å²) in [4.78, 5) is 1.30. The minimum atomic E-state index is 0.591. The topological polar surface area (TPSA) is 35.2 Å². The lowest BCUT2D eigenvalue weighted by Crippen LogP contribution is -2.01. The van der Waals surface area contributed by atoms with Crippen LogP contribution in [-0.2, 0) is 11.3 Å². The highest BCUT2D eigenvalue weighted by Gasteiger charge is 2.03. The number of thioether (sulfide) groups is 1. The number of rotatable bonds is 6. The van der Waals surface area contributed by atoms with Gasteiger partial charge in [0.15, 0.2) is 0 Å². The van der Waals surface area contributed by atoms with Crippen LogP contribution in [0, 0.1) is 0 Å². The fraction of sp³-hybridized carbons (Fsp3) is 0.500. The van der Waals surface area contributed by atoms with Gasteiger partial charge >= 0.3 is 0 Å². The van der Waals surface area contributed by atoms with E-state index < -0.39 is 0 Å². The molecule has 0 saturated carbocycles. The van der Waals surface area contributed by atoms with E-state index in [1.807, 2.05) is 11.8 Å². The molecule has 1 atom stereocenters. The number of methoxy groups -OCH3 is 1. The highest BCUT2D eigenvalue weighted by atomic mass is 32.2. The molecule has 1 aromatic carbocycles. The molecular weight excluding hydrogens is 206 g/mol. The molecule has 0 bridgehead atoms. The molecule has 0 aliphatic heterocycles. The van der Waals surface area contributed by atoms with Crippen LogP contribution in [0.1, 0.15) is 18.9 Å². The SMILES string of the molecule is COCCC(C)Sc1ccc(CN)cc1. The molecule has 0 aromatic heterocycles. The van der Waals surface area contributed by atoms with Gasteiger partial charge in [0.1, 0.15) is 0 Å². The van der Waals surface area contributed by atoms with E-state index in [4.69, 9.17) is 10.5 Å². The van der Waals surface area contributed by atoms with Crippen LogP contribution in [0.2, 0.25) is 0 Å². The minimum absolute atomic E-state index is 0.591. The Hall–Kier alpha value is -0.510. The van der Waals surface area contributed by atoms with Crippen LogP contribution in [0.4, 0.5) is 0 Å². The van der Waals surface area contributed by atoms with E-state index >= 15 is 0 Å². The number of ether oxygens (including phenoxy) is 1. The molecule has 1 unspecified atom stereocenters. The second-order valence-electron chi connectivity index (χ2n) is 3.56. The van der Waals surface area contributed by atoms with Crippen molar-refractivity contribution in [2.45, 2.75) is 30.0 Å². The smallest absolute Gasteiger partial charge is 0.0472 e. The van der Waals surface area contributed by atoms with Gasteiger partial charge in [0.2, 0.25) is 0 Å². The summed E-state index contributed by atoms with van der Waals surface area (Å²) in [6.45, 7) is 3.67. The fourth-order valence-corrected chi connectivity index (χ4v) is 2.25. The van der Waals surface area contributed by atoms with Crippen molar-refractivity contribution >= 4 is 11.8 Å². The molecule has 0 aliphatic carbocycles. The van der Waals surface area contributed by atoms with Gasteiger partial charge in [0.25, 0.3) is 0 Å². The van der Waals surface area contributed by atoms with E-state index in [0.29, 0.717) is 11.8 Å². The third-order valence-corrected chi connectivity index (χ3v) is 3.41. The van der Waals surface area contributed by atoms with Crippen molar-refractivity contribution in [1.82, 2.24) is 0 Å². The van der Waals surface area contributed by atoms with Gasteiger partial charge in [-0.25, -0.2) is 0 Å². The molecule has 1 rings (SSSR count). The summed E-state index contributed by atoms with van der Waals surface area (Å²) in [6.07, 6.45) is 1.08. The fourth-order valence-electron chi connectivity index (χ4n) is 1.28. The lowest BCUT2D eigenvalue weighted by molar-refractivity contribution is 0.195. The lowest BCUT2D eigenvalue weighted by Gasteiger charge is -2.10. The Morgan fingerprint density at radius 3 is 2.53 bits per heavy atom. The highest BCUT2D eigenvalue weighted by Crippen LogP contribution is 2.25. The Balaban J connectivity index is 2.42. The van der Waals surface area contributed by atoms with E-state index in [-0.39, 0.29) is 0 Å². The van der Waals surface area contributed by atoms with Crippen LogP contribution >= 0.6 is 11.8 Å². The van der Waals surface area contributed by atoms with Crippen molar-refractivity contribution < 1.29 is 4.74 Å². The van der Waals surface area contributed by atoms with Crippen LogP contribution < -0.4 is 5.73 Å². The maximum atomic E-state index is 5.54. The summed E-state index contributed by atoms with van der Waals surface area (Å²) in [5, 5.41) is 0.591. The van der Waals surface area contributed by atoms with Crippen LogP contribution in [0.25, 0.3) is 0 Å². The normalized spacial score (nSPS) is 12.7. The van der Waals surface area contributed by atoms with Crippen molar-refractivity contribution in [2.24, 2.45) is 5.73 Å². The third-order valence-electron chi connectivity index (χ3n) is 2.22. The predicted octanol–water partition coefficient (Wildman–Crippen LogP) is 2.66. The summed E-state index contributed by atoms with van der Waals surface area (Å²) in [5.74, 6) is 0. The quantitative estimate of drug-likeness (QED) is 0.756. The highest BCUT2D eigenvalue weighted by molar-refractivity contribution is 7.99. The molecule has 0 saturated heterocycles. The van der Waals surface area contributed by atoms with Gasteiger partial charge in [0, 0.05) is 30.4 Å².